The minimum absolute atomic E-state index is 0.0573. The molecule has 0 aliphatic rings. The number of halogens is 1. The van der Waals surface area contributed by atoms with Crippen molar-refractivity contribution in [3.63, 3.8) is 0 Å². The molecule has 38 heavy (non-hydrogen) atoms. The van der Waals surface area contributed by atoms with Crippen LogP contribution in [0, 0.1) is 5.82 Å². The molecule has 0 bridgehead atoms. The van der Waals surface area contributed by atoms with Gasteiger partial charge in [-0.05, 0) is 66.2 Å². The first-order valence-corrected chi connectivity index (χ1v) is 12.0. The summed E-state index contributed by atoms with van der Waals surface area (Å²) < 4.78 is 30.0. The molecular formula is C30H27FN2O5. The number of amides is 2. The van der Waals surface area contributed by atoms with Crippen molar-refractivity contribution < 1.29 is 28.2 Å². The molecule has 1 unspecified atom stereocenters. The van der Waals surface area contributed by atoms with E-state index in [0.717, 1.165) is 5.56 Å². The summed E-state index contributed by atoms with van der Waals surface area (Å²) in [7, 11) is 0. The van der Waals surface area contributed by atoms with E-state index >= 15 is 0 Å². The van der Waals surface area contributed by atoms with Crippen LogP contribution in [-0.2, 0) is 20.9 Å². The quantitative estimate of drug-likeness (QED) is 0.267. The van der Waals surface area contributed by atoms with E-state index in [4.69, 9.17) is 14.2 Å². The summed E-state index contributed by atoms with van der Waals surface area (Å²) >= 11 is 0. The normalized spacial score (nSPS) is 11.3. The van der Waals surface area contributed by atoms with Crippen LogP contribution in [-0.4, -0.2) is 31.1 Å². The second-order valence-corrected chi connectivity index (χ2v) is 8.29. The van der Waals surface area contributed by atoms with Crippen molar-refractivity contribution in [3.8, 4) is 17.2 Å². The van der Waals surface area contributed by atoms with Gasteiger partial charge in [-0.1, -0.05) is 48.5 Å². The van der Waals surface area contributed by atoms with Crippen LogP contribution in [0.3, 0.4) is 0 Å². The highest BCUT2D eigenvalue weighted by Crippen LogP contribution is 2.22. The van der Waals surface area contributed by atoms with Crippen molar-refractivity contribution in [2.75, 3.05) is 18.5 Å². The Hall–Kier alpha value is -4.69. The molecule has 0 spiro atoms. The largest absolute Gasteiger partial charge is 0.484 e. The minimum atomic E-state index is -0.983. The fourth-order valence-electron chi connectivity index (χ4n) is 3.43. The van der Waals surface area contributed by atoms with Gasteiger partial charge in [0.2, 0.25) is 5.91 Å². The standard InChI is InChI=1S/C30H27FN2O5/c31-23-11-15-25(16-12-23)37-21-29(34)33-28(20-36-19-22-7-3-1-4-8-22)30(35)32-24-13-17-27(18-14-24)38-26-9-5-2-6-10-26/h1-18,28H,19-21H2,(H,32,35)(H,33,34). The Morgan fingerprint density at radius 1 is 0.737 bits per heavy atom. The molecule has 0 aliphatic carbocycles. The second-order valence-electron chi connectivity index (χ2n) is 8.29. The average molecular weight is 515 g/mol. The molecule has 194 valence electrons. The summed E-state index contributed by atoms with van der Waals surface area (Å²) in [6.45, 7) is -0.129. The van der Waals surface area contributed by atoms with Crippen molar-refractivity contribution in [3.05, 3.63) is 121 Å². The van der Waals surface area contributed by atoms with Crippen molar-refractivity contribution in [2.45, 2.75) is 12.6 Å². The lowest BCUT2D eigenvalue weighted by atomic mass is 10.2. The monoisotopic (exact) mass is 514 g/mol. The third kappa shape index (κ3) is 8.46. The number of para-hydroxylation sites is 1. The van der Waals surface area contributed by atoms with Gasteiger partial charge < -0.3 is 24.8 Å². The molecule has 7 nitrogen and oxygen atoms in total. The van der Waals surface area contributed by atoms with Crippen LogP contribution < -0.4 is 20.1 Å². The molecule has 1 atom stereocenters. The Labute approximate surface area is 220 Å². The van der Waals surface area contributed by atoms with Gasteiger partial charge in [-0.15, -0.1) is 0 Å². The van der Waals surface area contributed by atoms with Gasteiger partial charge in [0, 0.05) is 5.69 Å². The van der Waals surface area contributed by atoms with Crippen LogP contribution in [0.5, 0.6) is 17.2 Å². The summed E-state index contributed by atoms with van der Waals surface area (Å²) in [5, 5.41) is 5.44. The molecule has 0 radical (unpaired) electrons. The first-order valence-electron chi connectivity index (χ1n) is 12.0. The molecule has 8 heteroatoms. The molecule has 4 aromatic rings. The fourth-order valence-corrected chi connectivity index (χ4v) is 3.43. The van der Waals surface area contributed by atoms with E-state index in [1.54, 1.807) is 24.3 Å². The van der Waals surface area contributed by atoms with Crippen LogP contribution in [0.25, 0.3) is 0 Å². The molecule has 0 aliphatic heterocycles. The Bertz CT molecular complexity index is 1300. The highest BCUT2D eigenvalue weighted by Gasteiger charge is 2.22. The average Bonchev–Trinajstić information content (AvgIpc) is 2.94. The minimum Gasteiger partial charge on any atom is -0.484 e. The van der Waals surface area contributed by atoms with E-state index in [0.29, 0.717) is 22.9 Å². The number of ether oxygens (including phenoxy) is 3. The lowest BCUT2D eigenvalue weighted by Gasteiger charge is -2.19. The molecule has 2 amide bonds. The highest BCUT2D eigenvalue weighted by atomic mass is 19.1. The summed E-state index contributed by atoms with van der Waals surface area (Å²) in [6.07, 6.45) is 0. The van der Waals surface area contributed by atoms with Gasteiger partial charge in [0.25, 0.3) is 5.91 Å². The van der Waals surface area contributed by atoms with Gasteiger partial charge in [0.05, 0.1) is 13.2 Å². The lowest BCUT2D eigenvalue weighted by Crippen LogP contribution is -2.48. The Kier molecular flexibility index (Phi) is 9.42. The highest BCUT2D eigenvalue weighted by molar-refractivity contribution is 5.97. The second kappa shape index (κ2) is 13.6. The maximum atomic E-state index is 13.1. The Morgan fingerprint density at radius 3 is 2.03 bits per heavy atom. The number of carbonyl (C=O) groups is 2. The van der Waals surface area contributed by atoms with E-state index in [1.165, 1.54) is 24.3 Å². The number of anilines is 1. The van der Waals surface area contributed by atoms with Crippen LogP contribution in [0.4, 0.5) is 10.1 Å². The van der Waals surface area contributed by atoms with Crippen molar-refractivity contribution in [1.82, 2.24) is 5.32 Å². The third-order valence-corrected chi connectivity index (χ3v) is 5.33. The van der Waals surface area contributed by atoms with Crippen molar-refractivity contribution >= 4 is 17.5 Å². The molecule has 0 aromatic heterocycles. The van der Waals surface area contributed by atoms with Gasteiger partial charge in [-0.2, -0.15) is 0 Å². The number of hydrogen-bond acceptors (Lipinski definition) is 5. The summed E-state index contributed by atoms with van der Waals surface area (Å²) in [6, 6.07) is 30.0. The van der Waals surface area contributed by atoms with Crippen LogP contribution in [0.2, 0.25) is 0 Å². The molecule has 0 saturated carbocycles. The first-order chi connectivity index (χ1) is 18.5. The van der Waals surface area contributed by atoms with E-state index in [1.807, 2.05) is 60.7 Å². The predicted octanol–water partition coefficient (Wildman–Crippen LogP) is 5.34. The van der Waals surface area contributed by atoms with Gasteiger partial charge >= 0.3 is 0 Å². The van der Waals surface area contributed by atoms with Gasteiger partial charge in [-0.3, -0.25) is 9.59 Å². The summed E-state index contributed by atoms with van der Waals surface area (Å²) in [5.74, 6) is 0.262. The van der Waals surface area contributed by atoms with Crippen molar-refractivity contribution in [1.29, 1.82) is 0 Å². The lowest BCUT2D eigenvalue weighted by molar-refractivity contribution is -0.129. The number of benzene rings is 4. The topological polar surface area (TPSA) is 85.9 Å². The number of carbonyl (C=O) groups excluding carboxylic acids is 2. The van der Waals surface area contributed by atoms with E-state index in [2.05, 4.69) is 10.6 Å². The maximum Gasteiger partial charge on any atom is 0.258 e. The smallest absolute Gasteiger partial charge is 0.258 e. The molecule has 0 heterocycles. The SMILES string of the molecule is O=C(COc1ccc(F)cc1)NC(COCc1ccccc1)C(=O)Nc1ccc(Oc2ccccc2)cc1. The molecule has 2 N–H and O–H groups in total. The van der Waals surface area contributed by atoms with Gasteiger partial charge in [0.1, 0.15) is 29.1 Å². The number of hydrogen-bond donors (Lipinski definition) is 2. The molecular weight excluding hydrogens is 487 g/mol. The zero-order chi connectivity index (χ0) is 26.6. The molecule has 0 fully saturated rings. The van der Waals surface area contributed by atoms with E-state index in [-0.39, 0.29) is 19.8 Å². The Balaban J connectivity index is 1.35. The van der Waals surface area contributed by atoms with Gasteiger partial charge in [-0.25, -0.2) is 4.39 Å². The zero-order valence-electron chi connectivity index (χ0n) is 20.5. The van der Waals surface area contributed by atoms with E-state index < -0.39 is 23.7 Å². The first kappa shape index (κ1) is 26.4. The summed E-state index contributed by atoms with van der Waals surface area (Å²) in [5.41, 5.74) is 1.46. The van der Waals surface area contributed by atoms with E-state index in [9.17, 15) is 14.0 Å². The third-order valence-electron chi connectivity index (χ3n) is 5.33. The van der Waals surface area contributed by atoms with Crippen LogP contribution in [0.15, 0.2) is 109 Å². The Morgan fingerprint density at radius 2 is 1.34 bits per heavy atom. The summed E-state index contributed by atoms with van der Waals surface area (Å²) in [4.78, 5) is 25.6. The molecule has 4 aromatic carbocycles. The fraction of sp³-hybridized carbons (Fsp3) is 0.133. The number of rotatable bonds is 12. The van der Waals surface area contributed by atoms with Crippen LogP contribution >= 0.6 is 0 Å². The van der Waals surface area contributed by atoms with Crippen molar-refractivity contribution in [2.24, 2.45) is 0 Å². The molecule has 4 rings (SSSR count). The maximum absolute atomic E-state index is 13.1. The number of nitrogens with one attached hydrogen (secondary N) is 2. The zero-order valence-corrected chi connectivity index (χ0v) is 20.5. The van der Waals surface area contributed by atoms with Crippen LogP contribution in [0.1, 0.15) is 5.56 Å². The molecule has 0 saturated heterocycles. The predicted molar refractivity (Wildman–Crippen MR) is 142 cm³/mol. The van der Waals surface area contributed by atoms with Gasteiger partial charge in [0.15, 0.2) is 6.61 Å².